The molecular formula is C47H49N3O14. The minimum atomic E-state index is -0.860. The van der Waals surface area contributed by atoms with Crippen molar-refractivity contribution in [3.05, 3.63) is 168 Å². The van der Waals surface area contributed by atoms with Crippen LogP contribution in [0.2, 0.25) is 0 Å². The molecule has 0 aliphatic heterocycles. The quantitative estimate of drug-likeness (QED) is 0.0179. The lowest BCUT2D eigenvalue weighted by atomic mass is 9.85. The van der Waals surface area contributed by atoms with Gasteiger partial charge in [-0.25, -0.2) is 14.4 Å². The van der Waals surface area contributed by atoms with Crippen molar-refractivity contribution in [2.45, 2.75) is 96.1 Å². The number of carbonyl (C=O) groups is 4. The molecule has 17 nitrogen and oxygen atoms in total. The Hall–Kier alpha value is -7.30. The average molecular weight is 880 g/mol. The van der Waals surface area contributed by atoms with Gasteiger partial charge < -0.3 is 18.9 Å². The molecule has 5 atom stereocenters. The van der Waals surface area contributed by atoms with E-state index in [0.29, 0.717) is 38.5 Å². The lowest BCUT2D eigenvalue weighted by Crippen LogP contribution is -2.29. The number of esters is 4. The van der Waals surface area contributed by atoms with Gasteiger partial charge in [-0.15, -0.1) is 0 Å². The Bertz CT molecular complexity index is 2280. The van der Waals surface area contributed by atoms with Gasteiger partial charge in [0.25, 0.3) is 17.1 Å². The van der Waals surface area contributed by atoms with E-state index in [4.69, 9.17) is 18.9 Å². The lowest BCUT2D eigenvalue weighted by Gasteiger charge is -2.28. The number of aryl methyl sites for hydroxylation is 1. The summed E-state index contributed by atoms with van der Waals surface area (Å²) in [7, 11) is 0. The van der Waals surface area contributed by atoms with Crippen LogP contribution in [-0.2, 0) is 30.2 Å². The second-order valence-corrected chi connectivity index (χ2v) is 15.6. The van der Waals surface area contributed by atoms with Gasteiger partial charge in [0.1, 0.15) is 18.3 Å². The zero-order chi connectivity index (χ0) is 46.2. The van der Waals surface area contributed by atoms with E-state index in [9.17, 15) is 49.5 Å². The van der Waals surface area contributed by atoms with E-state index in [2.05, 4.69) is 0 Å². The Morgan fingerprint density at radius 2 is 1.11 bits per heavy atom. The number of ether oxygens (including phenoxy) is 4. The maximum absolute atomic E-state index is 13.7. The Labute approximate surface area is 368 Å². The first kappa shape index (κ1) is 47.7. The number of carbonyl (C=O) groups excluding carboxylic acids is 4. The molecule has 0 bridgehead atoms. The molecule has 1 saturated carbocycles. The first-order chi connectivity index (χ1) is 30.7. The standard InChI is InChI=1S/C47H49N3O14/c1-31(2)61-44(51)13-9-4-3-8-12-40-41(29-28-39(27-14-32-10-6-5-7-11-32)62-45(52)33-15-21-36(22-16-33)48(55)56)43(64-47(54)35-19-25-38(26-20-35)50(59)60)30-42(40)63-46(53)34-17-23-37(24-18-34)49(57)58/h3,5-8,10-11,15-26,31,39-43H,4,9,12-14,27-30H2,1-2H3/b8-3-/t39-,40+,41+,42-,43+/m0/s1. The summed E-state index contributed by atoms with van der Waals surface area (Å²) in [5.74, 6) is -3.49. The minimum Gasteiger partial charge on any atom is -0.463 e. The summed E-state index contributed by atoms with van der Waals surface area (Å²) in [5.41, 5.74) is 0.605. The van der Waals surface area contributed by atoms with Crippen LogP contribution in [0.5, 0.6) is 0 Å². The van der Waals surface area contributed by atoms with Crippen molar-refractivity contribution >= 4 is 40.9 Å². The molecule has 0 aromatic heterocycles. The van der Waals surface area contributed by atoms with Crippen LogP contribution in [0, 0.1) is 42.2 Å². The van der Waals surface area contributed by atoms with Crippen LogP contribution in [0.15, 0.2) is 115 Å². The van der Waals surface area contributed by atoms with Crippen LogP contribution in [0.25, 0.3) is 0 Å². The number of hydrogen-bond acceptors (Lipinski definition) is 14. The van der Waals surface area contributed by atoms with Crippen molar-refractivity contribution in [2.75, 3.05) is 0 Å². The highest BCUT2D eigenvalue weighted by molar-refractivity contribution is 5.91. The summed E-state index contributed by atoms with van der Waals surface area (Å²) in [4.78, 5) is 85.0. The summed E-state index contributed by atoms with van der Waals surface area (Å²) in [6.45, 7) is 3.54. The molecule has 64 heavy (non-hydrogen) atoms. The number of benzene rings is 4. The van der Waals surface area contributed by atoms with Crippen molar-refractivity contribution in [1.82, 2.24) is 0 Å². The summed E-state index contributed by atoms with van der Waals surface area (Å²) in [6, 6.07) is 24.5. The molecule has 0 spiro atoms. The third kappa shape index (κ3) is 14.1. The number of allylic oxidation sites excluding steroid dienone is 2. The van der Waals surface area contributed by atoms with Crippen LogP contribution in [0.4, 0.5) is 17.1 Å². The molecule has 0 unspecified atom stereocenters. The van der Waals surface area contributed by atoms with E-state index in [1.807, 2.05) is 42.5 Å². The predicted molar refractivity (Wildman–Crippen MR) is 231 cm³/mol. The number of rotatable bonds is 22. The van der Waals surface area contributed by atoms with E-state index in [-0.39, 0.29) is 65.1 Å². The van der Waals surface area contributed by atoms with Gasteiger partial charge >= 0.3 is 23.9 Å². The molecule has 4 aromatic carbocycles. The molecule has 0 amide bonds. The lowest BCUT2D eigenvalue weighted by molar-refractivity contribution is -0.385. The van der Waals surface area contributed by atoms with Crippen LogP contribution in [-0.4, -0.2) is 63.1 Å². The summed E-state index contributed by atoms with van der Waals surface area (Å²) in [6.07, 6.45) is 4.36. The van der Waals surface area contributed by atoms with Crippen LogP contribution >= 0.6 is 0 Å². The molecule has 4 aromatic rings. The largest absolute Gasteiger partial charge is 0.463 e. The highest BCUT2D eigenvalue weighted by Gasteiger charge is 2.47. The molecule has 0 heterocycles. The van der Waals surface area contributed by atoms with Crippen molar-refractivity contribution in [3.8, 4) is 0 Å². The molecule has 1 aliphatic carbocycles. The van der Waals surface area contributed by atoms with Gasteiger partial charge in [-0.2, -0.15) is 0 Å². The van der Waals surface area contributed by atoms with Crippen molar-refractivity contribution in [1.29, 1.82) is 0 Å². The maximum atomic E-state index is 13.7. The van der Waals surface area contributed by atoms with Gasteiger partial charge in [-0.3, -0.25) is 35.1 Å². The first-order valence-electron chi connectivity index (χ1n) is 20.9. The second-order valence-electron chi connectivity index (χ2n) is 15.6. The maximum Gasteiger partial charge on any atom is 0.338 e. The van der Waals surface area contributed by atoms with Gasteiger partial charge in [0.15, 0.2) is 0 Å². The molecule has 1 fully saturated rings. The summed E-state index contributed by atoms with van der Waals surface area (Å²) >= 11 is 0. The molecule has 0 saturated heterocycles. The van der Waals surface area contributed by atoms with Gasteiger partial charge in [0, 0.05) is 61.1 Å². The number of nitrogens with zero attached hydrogens (tertiary/aromatic N) is 3. The molecule has 17 heteroatoms. The number of nitro benzene ring substituents is 3. The number of non-ortho nitro benzene ring substituents is 3. The Balaban J connectivity index is 1.44. The topological polar surface area (TPSA) is 235 Å². The van der Waals surface area contributed by atoms with E-state index >= 15 is 0 Å². The Morgan fingerprint density at radius 3 is 1.59 bits per heavy atom. The van der Waals surface area contributed by atoms with E-state index in [1.165, 1.54) is 72.8 Å². The average Bonchev–Trinajstić information content (AvgIpc) is 3.59. The molecular weight excluding hydrogens is 831 g/mol. The Kier molecular flexibility index (Phi) is 17.3. The number of unbranched alkanes of at least 4 members (excludes halogenated alkanes) is 1. The Morgan fingerprint density at radius 1 is 0.625 bits per heavy atom. The van der Waals surface area contributed by atoms with Gasteiger partial charge in [-0.1, -0.05) is 42.5 Å². The van der Waals surface area contributed by atoms with E-state index in [0.717, 1.165) is 5.56 Å². The van der Waals surface area contributed by atoms with E-state index in [1.54, 1.807) is 13.8 Å². The second kappa shape index (κ2) is 23.2. The van der Waals surface area contributed by atoms with Crippen molar-refractivity contribution in [3.63, 3.8) is 0 Å². The highest BCUT2D eigenvalue weighted by Crippen LogP contribution is 2.43. The smallest absolute Gasteiger partial charge is 0.338 e. The molecule has 1 aliphatic rings. The summed E-state index contributed by atoms with van der Waals surface area (Å²) in [5, 5.41) is 33.8. The van der Waals surface area contributed by atoms with Crippen LogP contribution < -0.4 is 0 Å². The highest BCUT2D eigenvalue weighted by atomic mass is 16.6. The first-order valence-corrected chi connectivity index (χ1v) is 20.9. The van der Waals surface area contributed by atoms with Gasteiger partial charge in [-0.05, 0) is 101 Å². The predicted octanol–water partition coefficient (Wildman–Crippen LogP) is 9.51. The van der Waals surface area contributed by atoms with Crippen LogP contribution in [0.3, 0.4) is 0 Å². The fraction of sp³-hybridized carbons (Fsp3) is 0.362. The molecule has 0 N–H and O–H groups in total. The van der Waals surface area contributed by atoms with Crippen molar-refractivity contribution < 1.29 is 52.9 Å². The van der Waals surface area contributed by atoms with E-state index < -0.39 is 62.8 Å². The molecule has 5 rings (SSSR count). The third-order valence-corrected chi connectivity index (χ3v) is 10.8. The fourth-order valence-electron chi connectivity index (χ4n) is 7.59. The normalized spacial score (nSPS) is 17.4. The SMILES string of the molecule is CC(C)OC(=O)CCC/C=C\C[C@@H]1[C@@H](CC[C@H](CCc2ccccc2)OC(=O)c2ccc([N+](=O)[O-])cc2)[C@H](OC(=O)c2ccc([N+](=O)[O-])cc2)C[C@@H]1OC(=O)c1ccc([N+](=O)[O-])cc1. The zero-order valence-corrected chi connectivity index (χ0v) is 35.4. The monoisotopic (exact) mass is 879 g/mol. The minimum absolute atomic E-state index is 0.0545. The molecule has 336 valence electrons. The fourth-order valence-corrected chi connectivity index (χ4v) is 7.59. The third-order valence-electron chi connectivity index (χ3n) is 10.8. The van der Waals surface area contributed by atoms with Gasteiger partial charge in [0.2, 0.25) is 0 Å². The summed E-state index contributed by atoms with van der Waals surface area (Å²) < 4.78 is 23.5. The number of nitro groups is 3. The van der Waals surface area contributed by atoms with Crippen LogP contribution in [0.1, 0.15) is 102 Å². The van der Waals surface area contributed by atoms with Crippen molar-refractivity contribution in [2.24, 2.45) is 11.8 Å². The zero-order valence-electron chi connectivity index (χ0n) is 35.4. The number of hydrogen-bond donors (Lipinski definition) is 0. The molecule has 0 radical (unpaired) electrons. The van der Waals surface area contributed by atoms with Gasteiger partial charge in [0.05, 0.1) is 37.6 Å².